The lowest BCUT2D eigenvalue weighted by Gasteiger charge is -2.18. The van der Waals surface area contributed by atoms with Gasteiger partial charge in [-0.1, -0.05) is 26.8 Å². The molecule has 1 saturated carbocycles. The molecular weight excluding hydrogens is 196 g/mol. The zero-order valence-electron chi connectivity index (χ0n) is 10.5. The van der Waals surface area contributed by atoms with Crippen molar-refractivity contribution in [1.29, 1.82) is 0 Å². The number of rotatable bonds is 3. The summed E-state index contributed by atoms with van der Waals surface area (Å²) in [5.41, 5.74) is 1.78. The third-order valence-corrected chi connectivity index (χ3v) is 3.63. The fourth-order valence-corrected chi connectivity index (χ4v) is 2.92. The van der Waals surface area contributed by atoms with Gasteiger partial charge in [0.05, 0.1) is 0 Å². The molecule has 1 N–H and O–H groups in total. The summed E-state index contributed by atoms with van der Waals surface area (Å²) in [5.74, 6) is 0.784. The van der Waals surface area contributed by atoms with E-state index >= 15 is 0 Å². The van der Waals surface area contributed by atoms with E-state index < -0.39 is 0 Å². The van der Waals surface area contributed by atoms with Gasteiger partial charge in [-0.3, -0.25) is 4.98 Å². The fourth-order valence-electron chi connectivity index (χ4n) is 2.92. The molecule has 0 aromatic carbocycles. The minimum Gasteiger partial charge on any atom is -0.310 e. The maximum absolute atomic E-state index is 4.14. The molecule has 88 valence electrons. The van der Waals surface area contributed by atoms with Crippen LogP contribution >= 0.6 is 0 Å². The van der Waals surface area contributed by atoms with Crippen LogP contribution in [0.3, 0.4) is 0 Å². The molecule has 1 aromatic rings. The summed E-state index contributed by atoms with van der Waals surface area (Å²) in [5, 5.41) is 3.66. The van der Waals surface area contributed by atoms with Gasteiger partial charge < -0.3 is 5.32 Å². The van der Waals surface area contributed by atoms with E-state index in [0.29, 0.717) is 11.5 Å². The van der Waals surface area contributed by atoms with Gasteiger partial charge in [-0.2, -0.15) is 0 Å². The van der Waals surface area contributed by atoms with Crippen LogP contribution in [0.25, 0.3) is 0 Å². The number of nitrogens with one attached hydrogen (secondary N) is 1. The van der Waals surface area contributed by atoms with E-state index in [9.17, 15) is 0 Å². The Labute approximate surface area is 98.5 Å². The number of hydrogen-bond donors (Lipinski definition) is 1. The second-order valence-corrected chi connectivity index (χ2v) is 5.90. The Kier molecular flexibility index (Phi) is 3.29. The molecule has 2 unspecified atom stereocenters. The molecule has 0 radical (unpaired) electrons. The van der Waals surface area contributed by atoms with Crippen LogP contribution in [0.1, 0.15) is 39.2 Å². The van der Waals surface area contributed by atoms with Crippen molar-refractivity contribution in [2.45, 2.75) is 46.2 Å². The first-order chi connectivity index (χ1) is 7.57. The molecule has 2 rings (SSSR count). The quantitative estimate of drug-likeness (QED) is 0.843. The molecule has 0 saturated heterocycles. The van der Waals surface area contributed by atoms with Crippen LogP contribution in [0.5, 0.6) is 0 Å². The first kappa shape index (κ1) is 11.6. The smallest absolute Gasteiger partial charge is 0.0312 e. The summed E-state index contributed by atoms with van der Waals surface area (Å²) in [7, 11) is 0. The number of aromatic nitrogens is 1. The predicted octanol–water partition coefficient (Wildman–Crippen LogP) is 3.00. The Balaban J connectivity index is 1.87. The van der Waals surface area contributed by atoms with E-state index in [1.165, 1.54) is 18.4 Å². The molecule has 1 aliphatic carbocycles. The maximum atomic E-state index is 4.14. The highest BCUT2D eigenvalue weighted by molar-refractivity contribution is 5.08. The summed E-state index contributed by atoms with van der Waals surface area (Å²) in [4.78, 5) is 4.14. The zero-order valence-corrected chi connectivity index (χ0v) is 10.5. The lowest BCUT2D eigenvalue weighted by atomic mass is 9.91. The Morgan fingerprint density at radius 2 is 2.25 bits per heavy atom. The van der Waals surface area contributed by atoms with Crippen LogP contribution < -0.4 is 5.32 Å². The molecule has 1 aliphatic rings. The van der Waals surface area contributed by atoms with Crippen molar-refractivity contribution >= 4 is 0 Å². The molecule has 0 aliphatic heterocycles. The van der Waals surface area contributed by atoms with Gasteiger partial charge in [0.2, 0.25) is 0 Å². The van der Waals surface area contributed by atoms with Crippen molar-refractivity contribution in [3.8, 4) is 0 Å². The van der Waals surface area contributed by atoms with Gasteiger partial charge in [0.1, 0.15) is 0 Å². The number of nitrogens with zero attached hydrogens (tertiary/aromatic N) is 1. The van der Waals surface area contributed by atoms with Crippen LogP contribution in [0, 0.1) is 11.3 Å². The van der Waals surface area contributed by atoms with Crippen LogP contribution in [0.4, 0.5) is 0 Å². The molecule has 2 atom stereocenters. The summed E-state index contributed by atoms with van der Waals surface area (Å²) < 4.78 is 0. The number of pyridine rings is 1. The van der Waals surface area contributed by atoms with Gasteiger partial charge in [-0.15, -0.1) is 0 Å². The van der Waals surface area contributed by atoms with Crippen LogP contribution in [0.2, 0.25) is 0 Å². The average molecular weight is 218 g/mol. The molecule has 0 spiro atoms. The summed E-state index contributed by atoms with van der Waals surface area (Å²) in [6.45, 7) is 8.04. The van der Waals surface area contributed by atoms with Crippen LogP contribution in [-0.4, -0.2) is 11.0 Å². The lowest BCUT2D eigenvalue weighted by Crippen LogP contribution is -2.31. The SMILES string of the molecule is CC1CC(C)(C)CC1NCc1cccnc1. The Hall–Kier alpha value is -0.890. The predicted molar refractivity (Wildman–Crippen MR) is 67.0 cm³/mol. The van der Waals surface area contributed by atoms with E-state index in [0.717, 1.165) is 12.5 Å². The Morgan fingerprint density at radius 1 is 1.44 bits per heavy atom. The highest BCUT2D eigenvalue weighted by Gasteiger charge is 2.36. The van der Waals surface area contributed by atoms with Gasteiger partial charge in [0.25, 0.3) is 0 Å². The van der Waals surface area contributed by atoms with Crippen LogP contribution in [0.15, 0.2) is 24.5 Å². The molecule has 16 heavy (non-hydrogen) atoms. The van der Waals surface area contributed by atoms with Crippen molar-refractivity contribution in [2.75, 3.05) is 0 Å². The van der Waals surface area contributed by atoms with E-state index in [4.69, 9.17) is 0 Å². The number of hydrogen-bond acceptors (Lipinski definition) is 2. The van der Waals surface area contributed by atoms with Gasteiger partial charge in [-0.05, 0) is 35.8 Å². The van der Waals surface area contributed by atoms with E-state index in [2.05, 4.69) is 37.1 Å². The van der Waals surface area contributed by atoms with E-state index in [-0.39, 0.29) is 0 Å². The second kappa shape index (κ2) is 4.54. The molecule has 2 heteroatoms. The molecule has 0 bridgehead atoms. The summed E-state index contributed by atoms with van der Waals surface area (Å²) >= 11 is 0. The molecule has 1 fully saturated rings. The van der Waals surface area contributed by atoms with Gasteiger partial charge in [-0.25, -0.2) is 0 Å². The van der Waals surface area contributed by atoms with Gasteiger partial charge >= 0.3 is 0 Å². The normalized spacial score (nSPS) is 28.2. The Bertz CT molecular complexity index is 332. The summed E-state index contributed by atoms with van der Waals surface area (Å²) in [6, 6.07) is 4.79. The van der Waals surface area contributed by atoms with E-state index in [1.807, 2.05) is 18.5 Å². The molecule has 0 amide bonds. The third-order valence-electron chi connectivity index (χ3n) is 3.63. The van der Waals surface area contributed by atoms with Crippen molar-refractivity contribution in [1.82, 2.24) is 10.3 Å². The van der Waals surface area contributed by atoms with Gasteiger partial charge in [0, 0.05) is 25.0 Å². The average Bonchev–Trinajstić information content (AvgIpc) is 2.50. The molecule has 2 nitrogen and oxygen atoms in total. The second-order valence-electron chi connectivity index (χ2n) is 5.90. The minimum absolute atomic E-state index is 0.506. The van der Waals surface area contributed by atoms with E-state index in [1.54, 1.807) is 0 Å². The highest BCUT2D eigenvalue weighted by atomic mass is 14.9. The molecule has 1 heterocycles. The minimum atomic E-state index is 0.506. The largest absolute Gasteiger partial charge is 0.310 e. The summed E-state index contributed by atoms with van der Waals surface area (Å²) in [6.07, 6.45) is 6.38. The zero-order chi connectivity index (χ0) is 11.6. The topological polar surface area (TPSA) is 24.9 Å². The highest BCUT2D eigenvalue weighted by Crippen LogP contribution is 2.40. The molecule has 1 aromatic heterocycles. The van der Waals surface area contributed by atoms with Crippen LogP contribution in [-0.2, 0) is 6.54 Å². The lowest BCUT2D eigenvalue weighted by molar-refractivity contribution is 0.362. The standard InChI is InChI=1S/C14H22N2/c1-11-7-14(2,3)8-13(11)16-10-12-5-4-6-15-9-12/h4-6,9,11,13,16H,7-8,10H2,1-3H3. The third kappa shape index (κ3) is 2.82. The Morgan fingerprint density at radius 3 is 2.81 bits per heavy atom. The first-order valence-electron chi connectivity index (χ1n) is 6.19. The van der Waals surface area contributed by atoms with Crippen molar-refractivity contribution in [3.63, 3.8) is 0 Å². The fraction of sp³-hybridized carbons (Fsp3) is 0.643. The first-order valence-corrected chi connectivity index (χ1v) is 6.19. The maximum Gasteiger partial charge on any atom is 0.0312 e. The van der Waals surface area contributed by atoms with Crippen molar-refractivity contribution < 1.29 is 0 Å². The van der Waals surface area contributed by atoms with Gasteiger partial charge in [0.15, 0.2) is 0 Å². The van der Waals surface area contributed by atoms with Crippen molar-refractivity contribution in [3.05, 3.63) is 30.1 Å². The molecular formula is C14H22N2. The van der Waals surface area contributed by atoms with Crippen molar-refractivity contribution in [2.24, 2.45) is 11.3 Å². The monoisotopic (exact) mass is 218 g/mol.